The van der Waals surface area contributed by atoms with Gasteiger partial charge in [0.2, 0.25) is 5.91 Å². The van der Waals surface area contributed by atoms with Crippen LogP contribution < -0.4 is 5.32 Å². The Balaban J connectivity index is 1.52. The zero-order valence-electron chi connectivity index (χ0n) is 15.1. The molecule has 0 radical (unpaired) electrons. The van der Waals surface area contributed by atoms with Gasteiger partial charge in [0.05, 0.1) is 10.6 Å². The second-order valence-electron chi connectivity index (χ2n) is 5.94. The lowest BCUT2D eigenvalue weighted by atomic mass is 10.2. The minimum absolute atomic E-state index is 0.0587. The molecular formula is C20H18N2O4S2. The molecule has 3 rings (SSSR count). The Bertz CT molecular complexity index is 966. The van der Waals surface area contributed by atoms with Crippen LogP contribution >= 0.6 is 22.7 Å². The number of amides is 1. The smallest absolute Gasteiger partial charge is 0.350 e. The molecule has 0 unspecified atom stereocenters. The van der Waals surface area contributed by atoms with Gasteiger partial charge in [-0.15, -0.1) is 11.3 Å². The van der Waals surface area contributed by atoms with Gasteiger partial charge in [-0.05, 0) is 23.9 Å². The molecular weight excluding hydrogens is 396 g/mol. The van der Waals surface area contributed by atoms with Crippen molar-refractivity contribution < 1.29 is 19.1 Å². The van der Waals surface area contributed by atoms with Crippen LogP contribution in [0.3, 0.4) is 0 Å². The molecule has 0 bridgehead atoms. The minimum atomic E-state index is -0.479. The molecule has 2 heterocycles. The molecule has 0 aliphatic carbocycles. The number of carbonyl (C=O) groups excluding carboxylic acids is 3. The third kappa shape index (κ3) is 5.34. The number of hydrogen-bond acceptors (Lipinski definition) is 7. The van der Waals surface area contributed by atoms with Crippen LogP contribution in [-0.4, -0.2) is 22.6 Å². The van der Waals surface area contributed by atoms with Crippen LogP contribution in [0.2, 0.25) is 0 Å². The van der Waals surface area contributed by atoms with Gasteiger partial charge in [0.1, 0.15) is 11.5 Å². The zero-order valence-corrected chi connectivity index (χ0v) is 16.8. The van der Waals surface area contributed by atoms with Gasteiger partial charge in [0, 0.05) is 12.8 Å². The highest BCUT2D eigenvalue weighted by Gasteiger charge is 2.18. The van der Waals surface area contributed by atoms with E-state index in [1.54, 1.807) is 19.1 Å². The first-order chi connectivity index (χ1) is 13.5. The van der Waals surface area contributed by atoms with Crippen LogP contribution in [0.15, 0.2) is 47.8 Å². The number of hydrogen-bond donors (Lipinski definition) is 1. The maximum atomic E-state index is 12.3. The summed E-state index contributed by atoms with van der Waals surface area (Å²) in [7, 11) is 0. The number of esters is 1. The maximum absolute atomic E-state index is 12.3. The number of thiazole rings is 1. The summed E-state index contributed by atoms with van der Waals surface area (Å²) in [6.45, 7) is 1.86. The van der Waals surface area contributed by atoms with Gasteiger partial charge in [-0.3, -0.25) is 9.59 Å². The van der Waals surface area contributed by atoms with E-state index >= 15 is 0 Å². The van der Waals surface area contributed by atoms with E-state index in [1.165, 1.54) is 11.3 Å². The van der Waals surface area contributed by atoms with E-state index in [-0.39, 0.29) is 31.1 Å². The van der Waals surface area contributed by atoms with E-state index < -0.39 is 5.97 Å². The number of Topliss-reactive ketones (excluding diaryl/α,β-unsaturated/α-hetero) is 1. The largest absolute Gasteiger partial charge is 0.457 e. The van der Waals surface area contributed by atoms with Gasteiger partial charge >= 0.3 is 5.97 Å². The molecule has 0 saturated heterocycles. The summed E-state index contributed by atoms with van der Waals surface area (Å²) in [6, 6.07) is 12.9. The zero-order chi connectivity index (χ0) is 19.9. The third-order valence-electron chi connectivity index (χ3n) is 3.82. The van der Waals surface area contributed by atoms with Crippen LogP contribution in [0.4, 0.5) is 5.13 Å². The number of anilines is 1. The van der Waals surface area contributed by atoms with Crippen LogP contribution in [-0.2, 0) is 16.1 Å². The lowest BCUT2D eigenvalue weighted by Crippen LogP contribution is -2.13. The summed E-state index contributed by atoms with van der Waals surface area (Å²) in [5.41, 5.74) is 1.38. The summed E-state index contributed by atoms with van der Waals surface area (Å²) in [5.74, 6) is -0.860. The number of nitrogens with one attached hydrogen (secondary N) is 1. The summed E-state index contributed by atoms with van der Waals surface area (Å²) in [4.78, 5) is 41.5. The number of ketones is 1. The fourth-order valence-electron chi connectivity index (χ4n) is 2.40. The summed E-state index contributed by atoms with van der Waals surface area (Å²) in [5, 5.41) is 4.79. The number of aryl methyl sites for hydroxylation is 1. The highest BCUT2D eigenvalue weighted by atomic mass is 32.1. The SMILES string of the molecule is Cc1nc(NC(=O)CCC(=O)c2cccs2)sc1C(=O)OCc1ccccc1. The fourth-order valence-corrected chi connectivity index (χ4v) is 3.97. The van der Waals surface area contributed by atoms with Crippen LogP contribution in [0, 0.1) is 6.92 Å². The van der Waals surface area contributed by atoms with Crippen molar-refractivity contribution >= 4 is 45.5 Å². The average Bonchev–Trinajstić information content (AvgIpc) is 3.35. The van der Waals surface area contributed by atoms with Crippen molar-refractivity contribution in [1.82, 2.24) is 4.98 Å². The number of rotatable bonds is 8. The van der Waals surface area contributed by atoms with Crippen molar-refractivity contribution in [2.45, 2.75) is 26.4 Å². The first kappa shape index (κ1) is 19.9. The maximum Gasteiger partial charge on any atom is 0.350 e. The van der Waals surface area contributed by atoms with Gasteiger partial charge in [-0.1, -0.05) is 47.7 Å². The Morgan fingerprint density at radius 1 is 1.07 bits per heavy atom. The minimum Gasteiger partial charge on any atom is -0.457 e. The normalized spacial score (nSPS) is 10.5. The molecule has 1 N–H and O–H groups in total. The summed E-state index contributed by atoms with van der Waals surface area (Å²) >= 11 is 2.42. The Morgan fingerprint density at radius 2 is 1.86 bits per heavy atom. The topological polar surface area (TPSA) is 85.4 Å². The molecule has 0 aliphatic heterocycles. The van der Waals surface area contributed by atoms with Crippen LogP contribution in [0.25, 0.3) is 0 Å². The fraction of sp³-hybridized carbons (Fsp3) is 0.200. The molecule has 2 aromatic heterocycles. The first-order valence-electron chi connectivity index (χ1n) is 8.58. The van der Waals surface area contributed by atoms with E-state index in [0.717, 1.165) is 16.9 Å². The van der Waals surface area contributed by atoms with Gasteiger partial charge < -0.3 is 10.1 Å². The highest BCUT2D eigenvalue weighted by molar-refractivity contribution is 7.17. The number of carbonyl (C=O) groups is 3. The molecule has 8 heteroatoms. The molecule has 0 fully saturated rings. The van der Waals surface area contributed by atoms with E-state index in [1.807, 2.05) is 35.7 Å². The molecule has 0 saturated carbocycles. The molecule has 0 spiro atoms. The van der Waals surface area contributed by atoms with Crippen molar-refractivity contribution in [3.05, 3.63) is 68.9 Å². The Morgan fingerprint density at radius 3 is 2.57 bits per heavy atom. The molecule has 0 atom stereocenters. The average molecular weight is 415 g/mol. The quantitative estimate of drug-likeness (QED) is 0.434. The number of ether oxygens (including phenoxy) is 1. The van der Waals surface area contributed by atoms with Crippen molar-refractivity contribution in [1.29, 1.82) is 0 Å². The van der Waals surface area contributed by atoms with Gasteiger partial charge in [-0.25, -0.2) is 9.78 Å². The van der Waals surface area contributed by atoms with Crippen molar-refractivity contribution in [2.75, 3.05) is 5.32 Å². The molecule has 0 aliphatic rings. The Kier molecular flexibility index (Phi) is 6.67. The van der Waals surface area contributed by atoms with E-state index in [0.29, 0.717) is 20.6 Å². The number of benzene rings is 1. The van der Waals surface area contributed by atoms with E-state index in [2.05, 4.69) is 10.3 Å². The van der Waals surface area contributed by atoms with Crippen molar-refractivity contribution in [3.63, 3.8) is 0 Å². The van der Waals surface area contributed by atoms with Gasteiger partial charge in [0.15, 0.2) is 10.9 Å². The van der Waals surface area contributed by atoms with E-state index in [9.17, 15) is 14.4 Å². The lowest BCUT2D eigenvalue weighted by Gasteiger charge is -2.03. The van der Waals surface area contributed by atoms with Crippen molar-refractivity contribution in [3.8, 4) is 0 Å². The Labute approximate surface area is 170 Å². The molecule has 144 valence electrons. The second-order valence-corrected chi connectivity index (χ2v) is 7.89. The molecule has 6 nitrogen and oxygen atoms in total. The Hall–Kier alpha value is -2.84. The van der Waals surface area contributed by atoms with Gasteiger partial charge in [-0.2, -0.15) is 0 Å². The van der Waals surface area contributed by atoms with Crippen LogP contribution in [0.1, 0.15) is 43.4 Å². The van der Waals surface area contributed by atoms with E-state index in [4.69, 9.17) is 4.74 Å². The molecule has 1 amide bonds. The monoisotopic (exact) mass is 414 g/mol. The number of nitrogens with zero attached hydrogens (tertiary/aromatic N) is 1. The third-order valence-corrected chi connectivity index (χ3v) is 5.78. The standard InChI is InChI=1S/C20H18N2O4S2/c1-13-18(19(25)26-12-14-6-3-2-4-7-14)28-20(21-13)22-17(24)10-9-15(23)16-8-5-11-27-16/h2-8,11H,9-10,12H2,1H3,(H,21,22,24). The highest BCUT2D eigenvalue weighted by Crippen LogP contribution is 2.24. The number of aromatic nitrogens is 1. The van der Waals surface area contributed by atoms with Crippen LogP contribution in [0.5, 0.6) is 0 Å². The molecule has 1 aromatic carbocycles. The van der Waals surface area contributed by atoms with Crippen molar-refractivity contribution in [2.24, 2.45) is 0 Å². The molecule has 28 heavy (non-hydrogen) atoms. The molecule has 3 aromatic rings. The summed E-state index contributed by atoms with van der Waals surface area (Å²) < 4.78 is 5.31. The summed E-state index contributed by atoms with van der Waals surface area (Å²) in [6.07, 6.45) is 0.186. The second kappa shape index (κ2) is 9.38. The van der Waals surface area contributed by atoms with Gasteiger partial charge in [0.25, 0.3) is 0 Å². The number of thiophene rings is 1. The predicted octanol–water partition coefficient (Wildman–Crippen LogP) is 4.47. The lowest BCUT2D eigenvalue weighted by molar-refractivity contribution is -0.116. The first-order valence-corrected chi connectivity index (χ1v) is 10.3. The predicted molar refractivity (Wildman–Crippen MR) is 109 cm³/mol.